The van der Waals surface area contributed by atoms with E-state index in [1.807, 2.05) is 46.0 Å². The second kappa shape index (κ2) is 5.87. The molecular weight excluding hydrogens is 284 g/mol. The second-order valence-corrected chi connectivity index (χ2v) is 6.05. The number of carbonyl (C=O) groups excluding carboxylic acids is 1. The summed E-state index contributed by atoms with van der Waals surface area (Å²) in [4.78, 5) is 14.2. The fraction of sp³-hybridized carbons (Fsp3) is 0.312. The average Bonchev–Trinajstić information content (AvgIpc) is 3.16. The van der Waals surface area contributed by atoms with Crippen LogP contribution in [-0.2, 0) is 0 Å². The Morgan fingerprint density at radius 3 is 2.67 bits per heavy atom. The molecule has 0 spiro atoms. The highest BCUT2D eigenvalue weighted by molar-refractivity contribution is 7.08. The van der Waals surface area contributed by atoms with Gasteiger partial charge in [-0.2, -0.15) is 11.3 Å². The van der Waals surface area contributed by atoms with Gasteiger partial charge in [0, 0.05) is 30.4 Å². The second-order valence-electron chi connectivity index (χ2n) is 5.27. The summed E-state index contributed by atoms with van der Waals surface area (Å²) in [5, 5.41) is 3.80. The van der Waals surface area contributed by atoms with Crippen LogP contribution in [0.1, 0.15) is 21.8 Å². The Hall–Kier alpha value is -1.85. The molecule has 1 aromatic carbocycles. The molecule has 0 radical (unpaired) electrons. The average molecular weight is 302 g/mol. The van der Waals surface area contributed by atoms with Crippen molar-refractivity contribution in [3.63, 3.8) is 0 Å². The Morgan fingerprint density at radius 1 is 1.29 bits per heavy atom. The van der Waals surface area contributed by atoms with Gasteiger partial charge in [-0.3, -0.25) is 4.79 Å². The maximum Gasteiger partial charge on any atom is 0.254 e. The largest absolute Gasteiger partial charge is 0.497 e. The highest BCUT2D eigenvalue weighted by Gasteiger charge is 2.34. The minimum atomic E-state index is -0.0269. The fourth-order valence-electron chi connectivity index (χ4n) is 2.77. The monoisotopic (exact) mass is 302 g/mol. The van der Waals surface area contributed by atoms with Gasteiger partial charge in [0.05, 0.1) is 12.7 Å². The Morgan fingerprint density at radius 2 is 2.05 bits per heavy atom. The van der Waals surface area contributed by atoms with Crippen LogP contribution in [0.2, 0.25) is 0 Å². The number of hydrogen-bond acceptors (Lipinski definition) is 4. The summed E-state index contributed by atoms with van der Waals surface area (Å²) >= 11 is 1.54. The lowest BCUT2D eigenvalue weighted by Gasteiger charge is -2.16. The molecule has 1 amide bonds. The first-order valence-electron chi connectivity index (χ1n) is 6.90. The molecule has 2 atom stereocenters. The van der Waals surface area contributed by atoms with Gasteiger partial charge in [-0.25, -0.2) is 0 Å². The molecule has 110 valence electrons. The summed E-state index contributed by atoms with van der Waals surface area (Å²) in [6.07, 6.45) is 0. The molecule has 0 unspecified atom stereocenters. The quantitative estimate of drug-likeness (QED) is 0.946. The molecule has 21 heavy (non-hydrogen) atoms. The normalized spacial score (nSPS) is 21.5. The third kappa shape index (κ3) is 2.80. The van der Waals surface area contributed by atoms with E-state index in [1.54, 1.807) is 7.11 Å². The minimum absolute atomic E-state index is 0.0269. The molecule has 1 aliphatic heterocycles. The van der Waals surface area contributed by atoms with Crippen molar-refractivity contribution in [2.75, 3.05) is 20.2 Å². The van der Waals surface area contributed by atoms with Crippen LogP contribution in [0.15, 0.2) is 41.1 Å². The number of rotatable bonds is 3. The van der Waals surface area contributed by atoms with Crippen molar-refractivity contribution in [2.45, 2.75) is 12.0 Å². The zero-order valence-electron chi connectivity index (χ0n) is 11.9. The van der Waals surface area contributed by atoms with Crippen molar-refractivity contribution < 1.29 is 9.53 Å². The van der Waals surface area contributed by atoms with E-state index in [0.29, 0.717) is 13.1 Å². The smallest absolute Gasteiger partial charge is 0.254 e. The zero-order chi connectivity index (χ0) is 14.8. The van der Waals surface area contributed by atoms with E-state index in [1.165, 1.54) is 11.3 Å². The minimum Gasteiger partial charge on any atom is -0.497 e. The Balaban J connectivity index is 1.75. The summed E-state index contributed by atoms with van der Waals surface area (Å²) in [6, 6.07) is 9.76. The number of methoxy groups -OCH3 is 1. The molecule has 2 N–H and O–H groups in total. The van der Waals surface area contributed by atoms with Gasteiger partial charge in [-0.1, -0.05) is 12.1 Å². The molecule has 0 aliphatic carbocycles. The van der Waals surface area contributed by atoms with Crippen molar-refractivity contribution in [1.29, 1.82) is 0 Å². The van der Waals surface area contributed by atoms with Crippen LogP contribution >= 0.6 is 11.3 Å². The number of likely N-dealkylation sites (tertiary alicyclic amines) is 1. The van der Waals surface area contributed by atoms with Crippen LogP contribution in [0.5, 0.6) is 5.75 Å². The molecular formula is C16H18N2O2S. The van der Waals surface area contributed by atoms with Crippen molar-refractivity contribution in [1.82, 2.24) is 4.90 Å². The number of ether oxygens (including phenoxy) is 1. The highest BCUT2D eigenvalue weighted by Crippen LogP contribution is 2.29. The van der Waals surface area contributed by atoms with E-state index < -0.39 is 0 Å². The number of carbonyl (C=O) groups is 1. The molecule has 0 bridgehead atoms. The number of amides is 1. The fourth-order valence-corrected chi connectivity index (χ4v) is 3.40. The van der Waals surface area contributed by atoms with Crippen molar-refractivity contribution >= 4 is 17.2 Å². The summed E-state index contributed by atoms with van der Waals surface area (Å²) in [7, 11) is 1.65. The van der Waals surface area contributed by atoms with E-state index >= 15 is 0 Å². The molecule has 4 nitrogen and oxygen atoms in total. The lowest BCUT2D eigenvalue weighted by atomic mass is 9.95. The number of nitrogens with zero attached hydrogens (tertiary/aromatic N) is 1. The van der Waals surface area contributed by atoms with Gasteiger partial charge in [0.25, 0.3) is 5.91 Å². The summed E-state index contributed by atoms with van der Waals surface area (Å²) in [5.74, 6) is 1.08. The van der Waals surface area contributed by atoms with Crippen molar-refractivity contribution in [3.05, 3.63) is 52.2 Å². The van der Waals surface area contributed by atoms with Gasteiger partial charge in [0.15, 0.2) is 0 Å². The van der Waals surface area contributed by atoms with Crippen LogP contribution in [-0.4, -0.2) is 37.0 Å². The number of thiophene rings is 1. The van der Waals surface area contributed by atoms with Gasteiger partial charge in [0.2, 0.25) is 0 Å². The standard InChI is InChI=1S/C16H18N2O2S/c1-20-13-4-2-11(3-5-13)14-8-18(9-15(14)17)16(19)12-6-7-21-10-12/h2-7,10,14-15H,8-9,17H2,1H3/t14-,15+/m1/s1. The molecule has 1 saturated heterocycles. The first-order valence-corrected chi connectivity index (χ1v) is 7.84. The number of benzene rings is 1. The van der Waals surface area contributed by atoms with Crippen LogP contribution < -0.4 is 10.5 Å². The molecule has 5 heteroatoms. The van der Waals surface area contributed by atoms with E-state index in [0.717, 1.165) is 16.9 Å². The summed E-state index contributed by atoms with van der Waals surface area (Å²) < 4.78 is 5.17. The molecule has 1 aliphatic rings. The predicted octanol–water partition coefficient (Wildman–Crippen LogP) is 2.32. The van der Waals surface area contributed by atoms with Crippen LogP contribution in [0.3, 0.4) is 0 Å². The highest BCUT2D eigenvalue weighted by atomic mass is 32.1. The third-order valence-corrected chi connectivity index (χ3v) is 4.65. The SMILES string of the molecule is COc1ccc([C@H]2CN(C(=O)c3ccsc3)C[C@@H]2N)cc1. The lowest BCUT2D eigenvalue weighted by molar-refractivity contribution is 0.0789. The van der Waals surface area contributed by atoms with Crippen molar-refractivity contribution in [2.24, 2.45) is 5.73 Å². The first kappa shape index (κ1) is 14.1. The molecule has 2 heterocycles. The Kier molecular flexibility index (Phi) is 3.94. The predicted molar refractivity (Wildman–Crippen MR) is 83.9 cm³/mol. The van der Waals surface area contributed by atoms with Crippen LogP contribution in [0.25, 0.3) is 0 Å². The zero-order valence-corrected chi connectivity index (χ0v) is 12.7. The third-order valence-electron chi connectivity index (χ3n) is 3.96. The van der Waals surface area contributed by atoms with Crippen LogP contribution in [0.4, 0.5) is 0 Å². The number of hydrogen-bond donors (Lipinski definition) is 1. The van der Waals surface area contributed by atoms with E-state index in [2.05, 4.69) is 0 Å². The maximum absolute atomic E-state index is 12.4. The number of nitrogens with two attached hydrogens (primary N) is 1. The summed E-state index contributed by atoms with van der Waals surface area (Å²) in [6.45, 7) is 1.27. The van der Waals surface area contributed by atoms with E-state index in [4.69, 9.17) is 10.5 Å². The Bertz CT molecular complexity index is 610. The molecule has 1 fully saturated rings. The van der Waals surface area contributed by atoms with Gasteiger partial charge in [-0.05, 0) is 29.1 Å². The topological polar surface area (TPSA) is 55.6 Å². The van der Waals surface area contributed by atoms with Gasteiger partial charge in [-0.15, -0.1) is 0 Å². The van der Waals surface area contributed by atoms with Crippen LogP contribution in [0, 0.1) is 0 Å². The summed E-state index contributed by atoms with van der Waals surface area (Å²) in [5.41, 5.74) is 8.15. The first-order chi connectivity index (χ1) is 10.2. The van der Waals surface area contributed by atoms with Gasteiger partial charge in [0.1, 0.15) is 5.75 Å². The maximum atomic E-state index is 12.4. The molecule has 1 aromatic heterocycles. The van der Waals surface area contributed by atoms with Crippen molar-refractivity contribution in [3.8, 4) is 5.75 Å². The Labute approximate surface area is 128 Å². The lowest BCUT2D eigenvalue weighted by Crippen LogP contribution is -2.31. The van der Waals surface area contributed by atoms with E-state index in [-0.39, 0.29) is 17.9 Å². The van der Waals surface area contributed by atoms with Gasteiger partial charge < -0.3 is 15.4 Å². The molecule has 3 rings (SSSR count). The van der Waals surface area contributed by atoms with E-state index in [9.17, 15) is 4.79 Å². The molecule has 0 saturated carbocycles. The molecule has 2 aromatic rings. The van der Waals surface area contributed by atoms with Gasteiger partial charge >= 0.3 is 0 Å².